The van der Waals surface area contributed by atoms with Gasteiger partial charge in [0.15, 0.2) is 0 Å². The summed E-state index contributed by atoms with van der Waals surface area (Å²) in [6.07, 6.45) is -5.15. The van der Waals surface area contributed by atoms with E-state index in [1.54, 1.807) is 45.0 Å². The van der Waals surface area contributed by atoms with E-state index in [1.165, 1.54) is 12.1 Å². The minimum absolute atomic E-state index is 0.0306. The van der Waals surface area contributed by atoms with Crippen LogP contribution in [0.25, 0.3) is 0 Å². The maximum Gasteiger partial charge on any atom is 0.416 e. The summed E-state index contributed by atoms with van der Waals surface area (Å²) in [4.78, 5) is 28.5. The zero-order chi connectivity index (χ0) is 26.5. The topological polar surface area (TPSA) is 73.9 Å². The van der Waals surface area contributed by atoms with Crippen LogP contribution in [0.2, 0.25) is 0 Å². The quantitative estimate of drug-likeness (QED) is 0.578. The van der Waals surface area contributed by atoms with E-state index in [0.29, 0.717) is 24.3 Å². The molecule has 0 aliphatic carbocycles. The third-order valence-electron chi connectivity index (χ3n) is 5.65. The average Bonchev–Trinajstić information content (AvgIpc) is 2.75. The van der Waals surface area contributed by atoms with Crippen LogP contribution in [0.3, 0.4) is 0 Å². The molecule has 1 heterocycles. The number of benzene rings is 2. The highest BCUT2D eigenvalue weighted by Crippen LogP contribution is 2.34. The summed E-state index contributed by atoms with van der Waals surface area (Å²) < 4.78 is 46.5. The van der Waals surface area contributed by atoms with Crippen molar-refractivity contribution >= 4 is 23.4 Å². The molecule has 2 amide bonds. The lowest BCUT2D eigenvalue weighted by atomic mass is 10.0. The van der Waals surface area contributed by atoms with Gasteiger partial charge in [-0.1, -0.05) is 18.2 Å². The number of carbonyl (C=O) groups is 2. The minimum atomic E-state index is -4.53. The predicted octanol–water partition coefficient (Wildman–Crippen LogP) is 4.98. The Hall–Kier alpha value is -3.11. The first-order valence-electron chi connectivity index (χ1n) is 11.8. The molecule has 0 unspecified atom stereocenters. The molecule has 3 rings (SSSR count). The number of nitrogens with one attached hydrogen (secondary N) is 2. The van der Waals surface area contributed by atoms with E-state index in [-0.39, 0.29) is 24.2 Å². The highest BCUT2D eigenvalue weighted by molar-refractivity contribution is 5.92. The number of hydrogen-bond donors (Lipinski definition) is 2. The van der Waals surface area contributed by atoms with E-state index in [4.69, 9.17) is 4.74 Å². The highest BCUT2D eigenvalue weighted by Gasteiger charge is 2.34. The van der Waals surface area contributed by atoms with E-state index >= 15 is 0 Å². The summed E-state index contributed by atoms with van der Waals surface area (Å²) in [6, 6.07) is 10.5. The Morgan fingerprint density at radius 1 is 0.917 bits per heavy atom. The van der Waals surface area contributed by atoms with Gasteiger partial charge in [0, 0.05) is 44.1 Å². The van der Waals surface area contributed by atoms with Gasteiger partial charge in [0.05, 0.1) is 12.0 Å². The third-order valence-corrected chi connectivity index (χ3v) is 5.65. The maximum atomic E-state index is 13.8. The van der Waals surface area contributed by atoms with Crippen molar-refractivity contribution in [3.05, 3.63) is 59.2 Å². The first kappa shape index (κ1) is 27.5. The maximum absolute atomic E-state index is 13.8. The summed E-state index contributed by atoms with van der Waals surface area (Å²) in [5.41, 5.74) is 0.0633. The number of ether oxygens (including phenoxy) is 1. The average molecular weight is 507 g/mol. The van der Waals surface area contributed by atoms with Crippen LogP contribution in [-0.4, -0.2) is 60.6 Å². The molecule has 1 fully saturated rings. The molecule has 0 spiro atoms. The second kappa shape index (κ2) is 11.3. The molecule has 36 heavy (non-hydrogen) atoms. The number of anilines is 2. The second-order valence-electron chi connectivity index (χ2n) is 10.00. The number of nitrogens with zero attached hydrogens (tertiary/aromatic N) is 2. The van der Waals surface area contributed by atoms with Gasteiger partial charge >= 0.3 is 12.3 Å². The standard InChI is InChI=1S/C26H33F3N4O3/c1-25(2,3)36-24(35)31-20-8-5-18(6-9-20)15-23(34)30-21-10-7-19(22(16-21)26(27,28)29)17-33-13-11-32(4)12-14-33/h5-10,16H,11-15,17H2,1-4H3,(H,30,34)(H,31,35). The van der Waals surface area contributed by atoms with Crippen molar-refractivity contribution in [1.29, 1.82) is 0 Å². The fraction of sp³-hybridized carbons (Fsp3) is 0.462. The van der Waals surface area contributed by atoms with Crippen LogP contribution in [-0.2, 0) is 28.7 Å². The summed E-state index contributed by atoms with van der Waals surface area (Å²) in [6.45, 7) is 8.52. The number of amides is 2. The number of hydrogen-bond acceptors (Lipinski definition) is 5. The van der Waals surface area contributed by atoms with Gasteiger partial charge in [0.2, 0.25) is 5.91 Å². The first-order valence-corrected chi connectivity index (χ1v) is 11.8. The van der Waals surface area contributed by atoms with Crippen molar-refractivity contribution in [2.75, 3.05) is 43.9 Å². The van der Waals surface area contributed by atoms with E-state index in [9.17, 15) is 22.8 Å². The van der Waals surface area contributed by atoms with Crippen LogP contribution in [0.15, 0.2) is 42.5 Å². The number of carbonyl (C=O) groups excluding carboxylic acids is 2. The predicted molar refractivity (Wildman–Crippen MR) is 133 cm³/mol. The number of rotatable bonds is 6. The molecule has 7 nitrogen and oxygen atoms in total. The smallest absolute Gasteiger partial charge is 0.416 e. The molecule has 2 N–H and O–H groups in total. The van der Waals surface area contributed by atoms with Crippen molar-refractivity contribution in [3.63, 3.8) is 0 Å². The Balaban J connectivity index is 1.61. The van der Waals surface area contributed by atoms with Crippen molar-refractivity contribution < 1.29 is 27.5 Å². The van der Waals surface area contributed by atoms with Gasteiger partial charge < -0.3 is 15.0 Å². The van der Waals surface area contributed by atoms with Crippen LogP contribution >= 0.6 is 0 Å². The van der Waals surface area contributed by atoms with Gasteiger partial charge in [0.25, 0.3) is 0 Å². The second-order valence-corrected chi connectivity index (χ2v) is 10.00. The SMILES string of the molecule is CN1CCN(Cc2ccc(NC(=O)Cc3ccc(NC(=O)OC(C)(C)C)cc3)cc2C(F)(F)F)CC1. The number of halogens is 3. The van der Waals surface area contributed by atoms with Gasteiger partial charge in [-0.3, -0.25) is 15.0 Å². The fourth-order valence-corrected chi connectivity index (χ4v) is 3.82. The molecule has 1 aliphatic heterocycles. The Morgan fingerprint density at radius 3 is 2.11 bits per heavy atom. The van der Waals surface area contributed by atoms with Gasteiger partial charge in [-0.15, -0.1) is 0 Å². The molecular formula is C26H33F3N4O3. The lowest BCUT2D eigenvalue weighted by molar-refractivity contribution is -0.138. The van der Waals surface area contributed by atoms with Crippen molar-refractivity contribution in [3.8, 4) is 0 Å². The first-order chi connectivity index (χ1) is 16.8. The molecule has 196 valence electrons. The van der Waals surface area contributed by atoms with E-state index < -0.39 is 29.3 Å². The van der Waals surface area contributed by atoms with E-state index in [2.05, 4.69) is 15.5 Å². The fourth-order valence-electron chi connectivity index (χ4n) is 3.82. The van der Waals surface area contributed by atoms with Gasteiger partial charge in [0.1, 0.15) is 5.60 Å². The number of likely N-dealkylation sites (N-methyl/N-ethyl adjacent to an activating group) is 1. The summed E-state index contributed by atoms with van der Waals surface area (Å²) in [5.74, 6) is -0.442. The molecule has 0 atom stereocenters. The zero-order valence-corrected chi connectivity index (χ0v) is 21.0. The molecule has 2 aromatic rings. The van der Waals surface area contributed by atoms with E-state index in [1.807, 2.05) is 11.9 Å². The van der Waals surface area contributed by atoms with Crippen molar-refractivity contribution in [1.82, 2.24) is 9.80 Å². The molecule has 1 aliphatic rings. The Kier molecular flexibility index (Phi) is 8.63. The van der Waals surface area contributed by atoms with Gasteiger partial charge in [-0.05, 0) is 63.2 Å². The molecule has 10 heteroatoms. The number of piperazine rings is 1. The minimum Gasteiger partial charge on any atom is -0.444 e. The van der Waals surface area contributed by atoms with Crippen LogP contribution in [0, 0.1) is 0 Å². The molecule has 1 saturated heterocycles. The van der Waals surface area contributed by atoms with Gasteiger partial charge in [-0.2, -0.15) is 13.2 Å². The molecule has 0 radical (unpaired) electrons. The van der Waals surface area contributed by atoms with Crippen molar-refractivity contribution in [2.24, 2.45) is 0 Å². The zero-order valence-electron chi connectivity index (χ0n) is 21.0. The third kappa shape index (κ3) is 8.53. The van der Waals surface area contributed by atoms with Crippen LogP contribution in [0.4, 0.5) is 29.3 Å². The summed E-state index contributed by atoms with van der Waals surface area (Å²) in [7, 11) is 1.99. The Bertz CT molecular complexity index is 1060. The number of alkyl halides is 3. The Morgan fingerprint density at radius 2 is 1.53 bits per heavy atom. The lowest BCUT2D eigenvalue weighted by Gasteiger charge is -2.33. The largest absolute Gasteiger partial charge is 0.444 e. The Labute approximate surface area is 209 Å². The van der Waals surface area contributed by atoms with Crippen LogP contribution < -0.4 is 10.6 Å². The highest BCUT2D eigenvalue weighted by atomic mass is 19.4. The van der Waals surface area contributed by atoms with Crippen molar-refractivity contribution in [2.45, 2.75) is 45.5 Å². The van der Waals surface area contributed by atoms with Crippen LogP contribution in [0.1, 0.15) is 37.5 Å². The molecule has 0 saturated carbocycles. The van der Waals surface area contributed by atoms with Gasteiger partial charge in [-0.25, -0.2) is 4.79 Å². The molecule has 0 bridgehead atoms. The van der Waals surface area contributed by atoms with Crippen LogP contribution in [0.5, 0.6) is 0 Å². The monoisotopic (exact) mass is 506 g/mol. The molecule has 2 aromatic carbocycles. The normalized spacial score (nSPS) is 15.4. The lowest BCUT2D eigenvalue weighted by Crippen LogP contribution is -2.44. The molecule has 0 aromatic heterocycles. The van der Waals surface area contributed by atoms with E-state index in [0.717, 1.165) is 19.2 Å². The summed E-state index contributed by atoms with van der Waals surface area (Å²) in [5, 5.41) is 5.16. The summed E-state index contributed by atoms with van der Waals surface area (Å²) >= 11 is 0. The molecular weight excluding hydrogens is 473 g/mol.